The molecular weight excluding hydrogens is 336 g/mol. The molecule has 0 heterocycles. The highest BCUT2D eigenvalue weighted by Gasteiger charge is 2.17. The van der Waals surface area contributed by atoms with Crippen molar-refractivity contribution < 1.29 is 17.9 Å². The highest BCUT2D eigenvalue weighted by molar-refractivity contribution is 7.90. The van der Waals surface area contributed by atoms with Crippen LogP contribution >= 0.6 is 11.6 Å². The zero-order valence-electron chi connectivity index (χ0n) is 13.1. The molecule has 0 amide bonds. The molecular formula is C17H17ClO4S. The normalized spacial score (nSPS) is 11.3. The smallest absolute Gasteiger partial charge is 0.340 e. The van der Waals surface area contributed by atoms with Crippen LogP contribution < -0.4 is 0 Å². The van der Waals surface area contributed by atoms with E-state index in [1.165, 1.54) is 18.2 Å². The Labute approximate surface area is 141 Å². The first-order valence-corrected chi connectivity index (χ1v) is 9.18. The van der Waals surface area contributed by atoms with Gasteiger partial charge in [0.15, 0.2) is 9.84 Å². The van der Waals surface area contributed by atoms with E-state index in [4.69, 9.17) is 16.3 Å². The zero-order chi connectivity index (χ0) is 17.2. The third-order valence-electron chi connectivity index (χ3n) is 3.45. The van der Waals surface area contributed by atoms with Gasteiger partial charge in [-0.3, -0.25) is 0 Å². The lowest BCUT2D eigenvalue weighted by Crippen LogP contribution is -2.08. The van der Waals surface area contributed by atoms with Crippen molar-refractivity contribution in [2.24, 2.45) is 0 Å². The molecule has 0 bridgehead atoms. The quantitative estimate of drug-likeness (QED) is 0.787. The first kappa shape index (κ1) is 17.5. The number of carbonyl (C=O) groups excluding carboxylic acids is 1. The van der Waals surface area contributed by atoms with E-state index >= 15 is 0 Å². The van der Waals surface area contributed by atoms with Gasteiger partial charge in [0.2, 0.25) is 0 Å². The van der Waals surface area contributed by atoms with Gasteiger partial charge in [-0.05, 0) is 43.2 Å². The number of halogens is 1. The Morgan fingerprint density at radius 2 is 1.83 bits per heavy atom. The van der Waals surface area contributed by atoms with Gasteiger partial charge in [0.05, 0.1) is 15.5 Å². The van der Waals surface area contributed by atoms with E-state index in [9.17, 15) is 13.2 Å². The van der Waals surface area contributed by atoms with Crippen LogP contribution in [0.15, 0.2) is 41.3 Å². The summed E-state index contributed by atoms with van der Waals surface area (Å²) in [5, 5.41) is 0.156. The van der Waals surface area contributed by atoms with E-state index < -0.39 is 15.8 Å². The van der Waals surface area contributed by atoms with Gasteiger partial charge < -0.3 is 4.74 Å². The molecule has 4 nitrogen and oxygen atoms in total. The first-order chi connectivity index (χ1) is 10.7. The number of carbonyl (C=O) groups is 1. The molecule has 0 N–H and O–H groups in total. The Morgan fingerprint density at radius 3 is 2.48 bits per heavy atom. The summed E-state index contributed by atoms with van der Waals surface area (Å²) in [6, 6.07) is 9.86. The second-order valence-corrected chi connectivity index (χ2v) is 7.84. The minimum atomic E-state index is -3.42. The van der Waals surface area contributed by atoms with E-state index in [1.807, 2.05) is 32.0 Å². The zero-order valence-corrected chi connectivity index (χ0v) is 14.7. The average Bonchev–Trinajstić information content (AvgIpc) is 2.47. The minimum Gasteiger partial charge on any atom is -0.457 e. The molecule has 0 saturated carbocycles. The van der Waals surface area contributed by atoms with Crippen molar-refractivity contribution >= 4 is 27.4 Å². The monoisotopic (exact) mass is 352 g/mol. The number of aryl methyl sites for hydroxylation is 2. The third kappa shape index (κ3) is 4.33. The summed E-state index contributed by atoms with van der Waals surface area (Å²) in [5.41, 5.74) is 3.02. The lowest BCUT2D eigenvalue weighted by atomic mass is 10.1. The molecule has 23 heavy (non-hydrogen) atoms. The number of ether oxygens (including phenoxy) is 1. The second kappa shape index (κ2) is 6.72. The van der Waals surface area contributed by atoms with E-state index in [0.717, 1.165) is 22.9 Å². The van der Waals surface area contributed by atoms with Crippen molar-refractivity contribution in [1.82, 2.24) is 0 Å². The third-order valence-corrected chi connectivity index (χ3v) is 4.89. The number of hydrogen-bond donors (Lipinski definition) is 0. The Balaban J connectivity index is 2.22. The maximum atomic E-state index is 12.2. The van der Waals surface area contributed by atoms with Gasteiger partial charge in [-0.15, -0.1) is 0 Å². The van der Waals surface area contributed by atoms with Crippen LogP contribution in [0.25, 0.3) is 0 Å². The summed E-state index contributed by atoms with van der Waals surface area (Å²) in [5.74, 6) is -0.651. The largest absolute Gasteiger partial charge is 0.457 e. The molecule has 0 unspecified atom stereocenters. The van der Waals surface area contributed by atoms with Crippen LogP contribution in [-0.2, 0) is 21.2 Å². The van der Waals surface area contributed by atoms with E-state index in [2.05, 4.69) is 0 Å². The molecule has 6 heteroatoms. The number of rotatable bonds is 4. The van der Waals surface area contributed by atoms with Crippen molar-refractivity contribution in [1.29, 1.82) is 0 Å². The molecule has 2 aromatic rings. The van der Waals surface area contributed by atoms with E-state index in [-0.39, 0.29) is 22.1 Å². The fourth-order valence-corrected chi connectivity index (χ4v) is 2.91. The Bertz CT molecular complexity index is 857. The lowest BCUT2D eigenvalue weighted by molar-refractivity contribution is 0.0472. The summed E-state index contributed by atoms with van der Waals surface area (Å²) in [7, 11) is -3.42. The number of esters is 1. The molecule has 0 spiro atoms. The van der Waals surface area contributed by atoms with Gasteiger partial charge in [0.25, 0.3) is 0 Å². The van der Waals surface area contributed by atoms with Crippen molar-refractivity contribution in [2.75, 3.05) is 6.26 Å². The van der Waals surface area contributed by atoms with Crippen LogP contribution in [0.2, 0.25) is 5.02 Å². The molecule has 122 valence electrons. The standard InChI is InChI=1S/C17H17ClO4S/c1-11-4-5-12(2)13(8-11)10-22-17(19)15-9-14(23(3,20)21)6-7-16(15)18/h4-9H,10H2,1-3H3. The van der Waals surface area contributed by atoms with Gasteiger partial charge >= 0.3 is 5.97 Å². The number of sulfone groups is 1. The van der Waals surface area contributed by atoms with Crippen molar-refractivity contribution in [3.8, 4) is 0 Å². The molecule has 2 rings (SSSR count). The van der Waals surface area contributed by atoms with Gasteiger partial charge in [-0.25, -0.2) is 13.2 Å². The lowest BCUT2D eigenvalue weighted by Gasteiger charge is -2.10. The van der Waals surface area contributed by atoms with Crippen molar-refractivity contribution in [3.63, 3.8) is 0 Å². The fraction of sp³-hybridized carbons (Fsp3) is 0.235. The van der Waals surface area contributed by atoms with Crippen LogP contribution in [0.1, 0.15) is 27.0 Å². The summed E-state index contributed by atoms with van der Waals surface area (Å²) in [6.45, 7) is 3.99. The molecule has 0 atom stereocenters. The molecule has 0 aliphatic carbocycles. The average molecular weight is 353 g/mol. The second-order valence-electron chi connectivity index (χ2n) is 5.42. The molecule has 0 radical (unpaired) electrons. The van der Waals surface area contributed by atoms with Crippen LogP contribution in [0, 0.1) is 13.8 Å². The van der Waals surface area contributed by atoms with Gasteiger partial charge in [0.1, 0.15) is 6.61 Å². The molecule has 2 aromatic carbocycles. The van der Waals surface area contributed by atoms with Crippen molar-refractivity contribution in [3.05, 3.63) is 63.7 Å². The Kier molecular flexibility index (Phi) is 5.12. The van der Waals surface area contributed by atoms with Gasteiger partial charge in [0, 0.05) is 6.26 Å². The predicted molar refractivity (Wildman–Crippen MR) is 89.6 cm³/mol. The maximum absolute atomic E-state index is 12.2. The summed E-state index contributed by atoms with van der Waals surface area (Å²) in [4.78, 5) is 12.2. The topological polar surface area (TPSA) is 60.4 Å². The molecule has 0 aliphatic heterocycles. The summed E-state index contributed by atoms with van der Waals surface area (Å²) >= 11 is 5.98. The maximum Gasteiger partial charge on any atom is 0.340 e. The first-order valence-electron chi connectivity index (χ1n) is 6.91. The summed E-state index contributed by atoms with van der Waals surface area (Å²) < 4.78 is 28.5. The predicted octanol–water partition coefficient (Wildman–Crippen LogP) is 3.72. The van der Waals surface area contributed by atoms with Crippen LogP contribution in [-0.4, -0.2) is 20.6 Å². The molecule has 0 saturated heterocycles. The highest BCUT2D eigenvalue weighted by Crippen LogP contribution is 2.22. The molecule has 0 aliphatic rings. The van der Waals surface area contributed by atoms with E-state index in [1.54, 1.807) is 0 Å². The van der Waals surface area contributed by atoms with Crippen LogP contribution in [0.5, 0.6) is 0 Å². The highest BCUT2D eigenvalue weighted by atomic mass is 35.5. The van der Waals surface area contributed by atoms with Gasteiger partial charge in [-0.2, -0.15) is 0 Å². The van der Waals surface area contributed by atoms with Crippen LogP contribution in [0.3, 0.4) is 0 Å². The summed E-state index contributed by atoms with van der Waals surface area (Å²) in [6.07, 6.45) is 1.07. The van der Waals surface area contributed by atoms with Crippen LogP contribution in [0.4, 0.5) is 0 Å². The molecule has 0 aromatic heterocycles. The minimum absolute atomic E-state index is 0.0283. The SMILES string of the molecule is Cc1ccc(C)c(COC(=O)c2cc(S(C)(=O)=O)ccc2Cl)c1. The fourth-order valence-electron chi connectivity index (χ4n) is 2.07. The Morgan fingerprint density at radius 1 is 1.13 bits per heavy atom. The van der Waals surface area contributed by atoms with Gasteiger partial charge in [-0.1, -0.05) is 35.4 Å². The number of hydrogen-bond acceptors (Lipinski definition) is 4. The number of benzene rings is 2. The Hall–Kier alpha value is -1.85. The van der Waals surface area contributed by atoms with E-state index in [0.29, 0.717) is 0 Å². The molecule has 0 fully saturated rings. The van der Waals surface area contributed by atoms with Crippen molar-refractivity contribution in [2.45, 2.75) is 25.3 Å².